The summed E-state index contributed by atoms with van der Waals surface area (Å²) in [6.45, 7) is 4.24. The lowest BCUT2D eigenvalue weighted by Crippen LogP contribution is -2.32. The highest BCUT2D eigenvalue weighted by Gasteiger charge is 2.17. The molecule has 0 amide bonds. The highest BCUT2D eigenvalue weighted by Crippen LogP contribution is 2.26. The van der Waals surface area contributed by atoms with Gasteiger partial charge in [0, 0.05) is 30.4 Å². The minimum Gasteiger partial charge on any atom is -0.497 e. The van der Waals surface area contributed by atoms with Gasteiger partial charge in [-0.05, 0) is 13.3 Å². The van der Waals surface area contributed by atoms with Gasteiger partial charge in [0.1, 0.15) is 11.5 Å². The Labute approximate surface area is 103 Å². The second kappa shape index (κ2) is 5.77. The molecule has 96 valence electrons. The van der Waals surface area contributed by atoms with Crippen LogP contribution in [0.5, 0.6) is 11.5 Å². The van der Waals surface area contributed by atoms with Crippen LogP contribution in [0.4, 0.5) is 5.69 Å². The molecule has 0 saturated carbocycles. The van der Waals surface area contributed by atoms with Crippen LogP contribution >= 0.6 is 0 Å². The Bertz CT molecular complexity index is 341. The molecule has 0 aromatic heterocycles. The predicted octanol–water partition coefficient (Wildman–Crippen LogP) is 2.28. The van der Waals surface area contributed by atoms with Gasteiger partial charge in [0.05, 0.1) is 19.8 Å². The number of nitrogens with one attached hydrogen (secondary N) is 1. The van der Waals surface area contributed by atoms with E-state index in [2.05, 4.69) is 5.32 Å². The lowest BCUT2D eigenvalue weighted by Gasteiger charge is -2.22. The maximum atomic E-state index is 9.91. The van der Waals surface area contributed by atoms with Crippen molar-refractivity contribution in [2.75, 3.05) is 26.1 Å². The van der Waals surface area contributed by atoms with Crippen LogP contribution in [0.2, 0.25) is 0 Å². The summed E-state index contributed by atoms with van der Waals surface area (Å²) in [7, 11) is 3.22. The molecule has 2 N–H and O–H groups in total. The third-order valence-electron chi connectivity index (χ3n) is 2.79. The zero-order chi connectivity index (χ0) is 12.9. The molecule has 0 aliphatic rings. The van der Waals surface area contributed by atoms with Crippen LogP contribution in [0.3, 0.4) is 0 Å². The number of hydrogen-bond acceptors (Lipinski definition) is 4. The Morgan fingerprint density at radius 2 is 1.71 bits per heavy atom. The lowest BCUT2D eigenvalue weighted by atomic mass is 10.0. The van der Waals surface area contributed by atoms with Gasteiger partial charge in [-0.1, -0.05) is 6.92 Å². The Morgan fingerprint density at radius 3 is 2.12 bits per heavy atom. The second-order valence-corrected chi connectivity index (χ2v) is 4.31. The van der Waals surface area contributed by atoms with E-state index >= 15 is 0 Å². The maximum Gasteiger partial charge on any atom is 0.124 e. The topological polar surface area (TPSA) is 50.7 Å². The summed E-state index contributed by atoms with van der Waals surface area (Å²) in [6, 6.07) is 5.55. The van der Waals surface area contributed by atoms with Crippen LogP contribution in [0.25, 0.3) is 0 Å². The van der Waals surface area contributed by atoms with Crippen LogP contribution in [0, 0.1) is 0 Å². The Kier molecular flexibility index (Phi) is 4.63. The maximum absolute atomic E-state index is 9.91. The highest BCUT2D eigenvalue weighted by molar-refractivity contribution is 5.53. The molecule has 0 bridgehead atoms. The normalized spacial score (nSPS) is 13.9. The first-order chi connectivity index (χ1) is 8.00. The van der Waals surface area contributed by atoms with Crippen molar-refractivity contribution in [3.63, 3.8) is 0 Å². The van der Waals surface area contributed by atoms with Gasteiger partial charge in [0.2, 0.25) is 0 Å². The molecule has 1 unspecified atom stereocenters. The molecule has 0 aliphatic carbocycles. The first kappa shape index (κ1) is 13.6. The number of aliphatic hydroxyl groups is 1. The van der Waals surface area contributed by atoms with Crippen molar-refractivity contribution in [1.29, 1.82) is 0 Å². The van der Waals surface area contributed by atoms with Crippen molar-refractivity contribution in [3.05, 3.63) is 18.2 Å². The van der Waals surface area contributed by atoms with Crippen LogP contribution in [-0.2, 0) is 0 Å². The van der Waals surface area contributed by atoms with Gasteiger partial charge in [0.25, 0.3) is 0 Å². The number of methoxy groups -OCH3 is 2. The molecule has 4 nitrogen and oxygen atoms in total. The first-order valence-corrected chi connectivity index (χ1v) is 5.70. The standard InChI is InChI=1S/C13H21NO3/c1-5-13(2,15)9-14-10-6-11(16-3)8-12(7-10)17-4/h6-8,14-15H,5,9H2,1-4H3. The third kappa shape index (κ3) is 4.15. The summed E-state index contributed by atoms with van der Waals surface area (Å²) in [5, 5.41) is 13.1. The van der Waals surface area contributed by atoms with Crippen molar-refractivity contribution < 1.29 is 14.6 Å². The molecule has 0 heterocycles. The molecule has 1 aromatic carbocycles. The van der Waals surface area contributed by atoms with E-state index in [0.29, 0.717) is 13.0 Å². The molecular formula is C13H21NO3. The smallest absolute Gasteiger partial charge is 0.124 e. The zero-order valence-electron chi connectivity index (χ0n) is 10.9. The van der Waals surface area contributed by atoms with Crippen LogP contribution in [-0.4, -0.2) is 31.5 Å². The Hall–Kier alpha value is -1.42. The van der Waals surface area contributed by atoms with Gasteiger partial charge >= 0.3 is 0 Å². The fourth-order valence-corrected chi connectivity index (χ4v) is 1.33. The fraction of sp³-hybridized carbons (Fsp3) is 0.538. The van der Waals surface area contributed by atoms with Crippen molar-refractivity contribution in [3.8, 4) is 11.5 Å². The van der Waals surface area contributed by atoms with E-state index in [-0.39, 0.29) is 0 Å². The molecule has 1 aromatic rings. The molecule has 0 saturated heterocycles. The minimum absolute atomic E-state index is 0.486. The van der Waals surface area contributed by atoms with E-state index < -0.39 is 5.60 Å². The number of benzene rings is 1. The molecule has 0 radical (unpaired) electrons. The van der Waals surface area contributed by atoms with E-state index in [1.807, 2.05) is 25.1 Å². The number of hydrogen-bond donors (Lipinski definition) is 2. The van der Waals surface area contributed by atoms with E-state index in [1.54, 1.807) is 21.1 Å². The van der Waals surface area contributed by atoms with Gasteiger partial charge in [-0.25, -0.2) is 0 Å². The quantitative estimate of drug-likeness (QED) is 0.799. The first-order valence-electron chi connectivity index (χ1n) is 5.70. The van der Waals surface area contributed by atoms with Crippen molar-refractivity contribution >= 4 is 5.69 Å². The van der Waals surface area contributed by atoms with E-state index in [4.69, 9.17) is 9.47 Å². The number of ether oxygens (including phenoxy) is 2. The van der Waals surface area contributed by atoms with Gasteiger partial charge in [-0.2, -0.15) is 0 Å². The van der Waals surface area contributed by atoms with Gasteiger partial charge in [-0.3, -0.25) is 0 Å². The largest absolute Gasteiger partial charge is 0.497 e. The molecule has 0 aliphatic heterocycles. The summed E-state index contributed by atoms with van der Waals surface area (Å²) in [5.74, 6) is 1.45. The third-order valence-corrected chi connectivity index (χ3v) is 2.79. The molecule has 0 spiro atoms. The Morgan fingerprint density at radius 1 is 1.18 bits per heavy atom. The van der Waals surface area contributed by atoms with E-state index in [9.17, 15) is 5.11 Å². The van der Waals surface area contributed by atoms with Crippen molar-refractivity contribution in [2.45, 2.75) is 25.9 Å². The van der Waals surface area contributed by atoms with Gasteiger partial charge in [-0.15, -0.1) is 0 Å². The van der Waals surface area contributed by atoms with Crippen molar-refractivity contribution in [2.24, 2.45) is 0 Å². The molecular weight excluding hydrogens is 218 g/mol. The second-order valence-electron chi connectivity index (χ2n) is 4.31. The average molecular weight is 239 g/mol. The predicted molar refractivity (Wildman–Crippen MR) is 69.0 cm³/mol. The van der Waals surface area contributed by atoms with Crippen LogP contribution in [0.15, 0.2) is 18.2 Å². The SMILES string of the molecule is CCC(C)(O)CNc1cc(OC)cc(OC)c1. The van der Waals surface area contributed by atoms with Gasteiger partial charge < -0.3 is 19.9 Å². The monoisotopic (exact) mass is 239 g/mol. The lowest BCUT2D eigenvalue weighted by molar-refractivity contribution is 0.0697. The summed E-state index contributed by atoms with van der Waals surface area (Å²) in [6.07, 6.45) is 0.696. The molecule has 17 heavy (non-hydrogen) atoms. The number of rotatable bonds is 6. The summed E-state index contributed by atoms with van der Waals surface area (Å²) < 4.78 is 10.3. The van der Waals surface area contributed by atoms with E-state index in [1.165, 1.54) is 0 Å². The van der Waals surface area contributed by atoms with E-state index in [0.717, 1.165) is 17.2 Å². The summed E-state index contributed by atoms with van der Waals surface area (Å²) in [5.41, 5.74) is 0.158. The summed E-state index contributed by atoms with van der Waals surface area (Å²) in [4.78, 5) is 0. The Balaban J connectivity index is 2.76. The van der Waals surface area contributed by atoms with Crippen LogP contribution < -0.4 is 14.8 Å². The minimum atomic E-state index is -0.712. The molecule has 1 atom stereocenters. The molecule has 0 fully saturated rings. The van der Waals surface area contributed by atoms with Crippen molar-refractivity contribution in [1.82, 2.24) is 0 Å². The van der Waals surface area contributed by atoms with Gasteiger partial charge in [0.15, 0.2) is 0 Å². The van der Waals surface area contributed by atoms with Crippen LogP contribution in [0.1, 0.15) is 20.3 Å². The average Bonchev–Trinajstić information content (AvgIpc) is 2.36. The molecule has 1 rings (SSSR count). The summed E-state index contributed by atoms with van der Waals surface area (Å²) >= 11 is 0. The highest BCUT2D eigenvalue weighted by atomic mass is 16.5. The fourth-order valence-electron chi connectivity index (χ4n) is 1.33. The number of anilines is 1. The molecule has 4 heteroatoms. The zero-order valence-corrected chi connectivity index (χ0v) is 10.9.